The van der Waals surface area contributed by atoms with Crippen LogP contribution in [0.15, 0.2) is 0 Å². The third-order valence-electron chi connectivity index (χ3n) is 4.38. The molecule has 0 saturated carbocycles. The van der Waals surface area contributed by atoms with Crippen LogP contribution in [0.1, 0.15) is 33.6 Å². The topological polar surface area (TPSA) is 67.9 Å². The minimum atomic E-state index is -0.526. The SMILES string of the molecule is COC(=O)C1CN(C(=O)OC(C)(C)C)CC12CCNCC2. The minimum Gasteiger partial charge on any atom is -0.469 e. The highest BCUT2D eigenvalue weighted by Gasteiger charge is 2.52. The molecule has 2 aliphatic heterocycles. The van der Waals surface area contributed by atoms with Crippen LogP contribution in [0, 0.1) is 11.3 Å². The zero-order valence-corrected chi connectivity index (χ0v) is 13.4. The van der Waals surface area contributed by atoms with Crippen molar-refractivity contribution in [3.8, 4) is 0 Å². The molecule has 2 saturated heterocycles. The van der Waals surface area contributed by atoms with Gasteiger partial charge in [0.05, 0.1) is 13.0 Å². The van der Waals surface area contributed by atoms with Crippen LogP contribution in [0.25, 0.3) is 0 Å². The van der Waals surface area contributed by atoms with Crippen molar-refractivity contribution in [1.29, 1.82) is 0 Å². The van der Waals surface area contributed by atoms with Gasteiger partial charge in [0.25, 0.3) is 0 Å². The molecule has 1 unspecified atom stereocenters. The van der Waals surface area contributed by atoms with E-state index in [-0.39, 0.29) is 23.4 Å². The van der Waals surface area contributed by atoms with Crippen molar-refractivity contribution in [3.63, 3.8) is 0 Å². The average Bonchev–Trinajstić information content (AvgIpc) is 2.76. The third-order valence-corrected chi connectivity index (χ3v) is 4.38. The number of rotatable bonds is 1. The Kier molecular flexibility index (Phi) is 4.46. The molecule has 1 spiro atoms. The van der Waals surface area contributed by atoms with E-state index in [1.807, 2.05) is 20.8 Å². The van der Waals surface area contributed by atoms with E-state index < -0.39 is 5.60 Å². The molecule has 0 aromatic carbocycles. The number of ether oxygens (including phenoxy) is 2. The molecule has 1 amide bonds. The molecule has 1 atom stereocenters. The van der Waals surface area contributed by atoms with Gasteiger partial charge in [-0.2, -0.15) is 0 Å². The number of carbonyl (C=O) groups is 2. The van der Waals surface area contributed by atoms with E-state index in [1.54, 1.807) is 4.90 Å². The Morgan fingerprint density at radius 1 is 1.24 bits per heavy atom. The normalized spacial score (nSPS) is 25.0. The van der Waals surface area contributed by atoms with Crippen LogP contribution < -0.4 is 5.32 Å². The lowest BCUT2D eigenvalue weighted by atomic mass is 9.71. The van der Waals surface area contributed by atoms with Crippen LogP contribution in [-0.2, 0) is 14.3 Å². The van der Waals surface area contributed by atoms with Crippen molar-refractivity contribution in [3.05, 3.63) is 0 Å². The Morgan fingerprint density at radius 3 is 2.38 bits per heavy atom. The molecule has 2 heterocycles. The smallest absolute Gasteiger partial charge is 0.410 e. The van der Waals surface area contributed by atoms with Gasteiger partial charge in [-0.15, -0.1) is 0 Å². The van der Waals surface area contributed by atoms with Gasteiger partial charge in [0, 0.05) is 18.5 Å². The molecule has 2 fully saturated rings. The molecule has 0 aromatic heterocycles. The fourth-order valence-electron chi connectivity index (χ4n) is 3.33. The second-order valence-electron chi connectivity index (χ2n) is 7.05. The van der Waals surface area contributed by atoms with Gasteiger partial charge in [-0.3, -0.25) is 4.79 Å². The minimum absolute atomic E-state index is 0.171. The van der Waals surface area contributed by atoms with E-state index in [4.69, 9.17) is 9.47 Å². The largest absolute Gasteiger partial charge is 0.469 e. The van der Waals surface area contributed by atoms with Crippen molar-refractivity contribution in [2.45, 2.75) is 39.2 Å². The summed E-state index contributed by atoms with van der Waals surface area (Å²) in [6.07, 6.45) is 1.42. The number of methoxy groups -OCH3 is 1. The Balaban J connectivity index is 2.14. The van der Waals surface area contributed by atoms with Gasteiger partial charge in [0.15, 0.2) is 0 Å². The first-order valence-electron chi connectivity index (χ1n) is 7.54. The van der Waals surface area contributed by atoms with Crippen LogP contribution >= 0.6 is 0 Å². The van der Waals surface area contributed by atoms with Crippen molar-refractivity contribution >= 4 is 12.1 Å². The van der Waals surface area contributed by atoms with E-state index >= 15 is 0 Å². The average molecular weight is 298 g/mol. The number of likely N-dealkylation sites (tertiary alicyclic amines) is 1. The van der Waals surface area contributed by atoms with E-state index in [2.05, 4.69) is 5.32 Å². The van der Waals surface area contributed by atoms with E-state index in [0.717, 1.165) is 25.9 Å². The monoisotopic (exact) mass is 298 g/mol. The number of nitrogens with one attached hydrogen (secondary N) is 1. The van der Waals surface area contributed by atoms with E-state index in [9.17, 15) is 9.59 Å². The lowest BCUT2D eigenvalue weighted by Gasteiger charge is -2.37. The van der Waals surface area contributed by atoms with Gasteiger partial charge in [-0.05, 0) is 46.7 Å². The zero-order valence-electron chi connectivity index (χ0n) is 13.4. The molecule has 0 radical (unpaired) electrons. The lowest BCUT2D eigenvalue weighted by Crippen LogP contribution is -2.44. The van der Waals surface area contributed by atoms with E-state index in [0.29, 0.717) is 13.1 Å². The Labute approximate surface area is 126 Å². The first kappa shape index (κ1) is 16.1. The molecule has 6 nitrogen and oxygen atoms in total. The number of hydrogen-bond donors (Lipinski definition) is 1. The van der Waals surface area contributed by atoms with Crippen molar-refractivity contribution in [2.75, 3.05) is 33.3 Å². The number of nitrogens with zero attached hydrogens (tertiary/aromatic N) is 1. The van der Waals surface area contributed by atoms with Crippen LogP contribution in [0.2, 0.25) is 0 Å². The summed E-state index contributed by atoms with van der Waals surface area (Å²) in [4.78, 5) is 26.1. The maximum atomic E-state index is 12.3. The van der Waals surface area contributed by atoms with E-state index in [1.165, 1.54) is 7.11 Å². The lowest BCUT2D eigenvalue weighted by molar-refractivity contribution is -0.149. The molecule has 0 bridgehead atoms. The van der Waals surface area contributed by atoms with Crippen LogP contribution in [-0.4, -0.2) is 55.9 Å². The quantitative estimate of drug-likeness (QED) is 0.741. The van der Waals surface area contributed by atoms with Gasteiger partial charge in [0.2, 0.25) is 0 Å². The maximum absolute atomic E-state index is 12.3. The summed E-state index contributed by atoms with van der Waals surface area (Å²) in [5.74, 6) is -0.472. The summed E-state index contributed by atoms with van der Waals surface area (Å²) < 4.78 is 10.4. The fourth-order valence-corrected chi connectivity index (χ4v) is 3.33. The summed E-state index contributed by atoms with van der Waals surface area (Å²) >= 11 is 0. The summed E-state index contributed by atoms with van der Waals surface area (Å²) in [5, 5.41) is 3.31. The second-order valence-corrected chi connectivity index (χ2v) is 7.05. The van der Waals surface area contributed by atoms with Crippen LogP contribution in [0.4, 0.5) is 4.79 Å². The van der Waals surface area contributed by atoms with Gasteiger partial charge in [0.1, 0.15) is 5.60 Å². The molecular formula is C15H26N2O4. The molecule has 120 valence electrons. The van der Waals surface area contributed by atoms with Gasteiger partial charge in [-0.25, -0.2) is 4.79 Å². The summed E-state index contributed by atoms with van der Waals surface area (Å²) in [6, 6.07) is 0. The molecule has 6 heteroatoms. The highest BCUT2D eigenvalue weighted by atomic mass is 16.6. The molecule has 0 aromatic rings. The molecule has 2 aliphatic rings. The first-order chi connectivity index (χ1) is 9.77. The standard InChI is InChI=1S/C15H26N2O4/c1-14(2,3)21-13(19)17-9-11(12(18)20-4)15(10-17)5-7-16-8-6-15/h11,16H,5-10H2,1-4H3. The Hall–Kier alpha value is -1.30. The molecule has 21 heavy (non-hydrogen) atoms. The summed E-state index contributed by atoms with van der Waals surface area (Å²) in [7, 11) is 1.41. The second kappa shape index (κ2) is 5.83. The molecule has 2 rings (SSSR count). The van der Waals surface area contributed by atoms with Crippen molar-refractivity contribution in [1.82, 2.24) is 10.2 Å². The number of esters is 1. The predicted molar refractivity (Wildman–Crippen MR) is 77.8 cm³/mol. The Bertz CT molecular complexity index is 410. The van der Waals surface area contributed by atoms with Gasteiger partial charge >= 0.3 is 12.1 Å². The van der Waals surface area contributed by atoms with Gasteiger partial charge in [-0.1, -0.05) is 0 Å². The molecule has 1 N–H and O–H groups in total. The number of amides is 1. The highest BCUT2D eigenvalue weighted by Crippen LogP contribution is 2.44. The van der Waals surface area contributed by atoms with Gasteiger partial charge < -0.3 is 19.7 Å². The number of hydrogen-bond acceptors (Lipinski definition) is 5. The zero-order chi connectivity index (χ0) is 15.7. The first-order valence-corrected chi connectivity index (χ1v) is 7.54. The highest BCUT2D eigenvalue weighted by molar-refractivity contribution is 5.77. The van der Waals surface area contributed by atoms with Crippen molar-refractivity contribution in [2.24, 2.45) is 11.3 Å². The Morgan fingerprint density at radius 2 is 1.86 bits per heavy atom. The van der Waals surface area contributed by atoms with Crippen LogP contribution in [0.5, 0.6) is 0 Å². The predicted octanol–water partition coefficient (Wildman–Crippen LogP) is 1.40. The maximum Gasteiger partial charge on any atom is 0.410 e. The molecule has 0 aliphatic carbocycles. The number of carbonyl (C=O) groups excluding carboxylic acids is 2. The van der Waals surface area contributed by atoms with Crippen molar-refractivity contribution < 1.29 is 19.1 Å². The van der Waals surface area contributed by atoms with Crippen LogP contribution in [0.3, 0.4) is 0 Å². The summed E-state index contributed by atoms with van der Waals surface area (Å²) in [6.45, 7) is 8.24. The number of piperidine rings is 1. The fraction of sp³-hybridized carbons (Fsp3) is 0.867. The molecular weight excluding hydrogens is 272 g/mol. The summed E-state index contributed by atoms with van der Waals surface area (Å²) in [5.41, 5.74) is -0.697. The third kappa shape index (κ3) is 3.48.